The van der Waals surface area contributed by atoms with Gasteiger partial charge in [0.2, 0.25) is 0 Å². The Morgan fingerprint density at radius 1 is 1.27 bits per heavy atom. The third kappa shape index (κ3) is 3.91. The minimum atomic E-state index is -1.28. The predicted molar refractivity (Wildman–Crippen MR) is 119 cm³/mol. The molecule has 0 aromatic carbocycles. The number of hydrogen-bond donors (Lipinski definition) is 3. The molecule has 3 atom stereocenters. The molecule has 3 saturated carbocycles. The van der Waals surface area contributed by atoms with Gasteiger partial charge < -0.3 is 15.4 Å². The average molecular weight is 454 g/mol. The number of rotatable bonds is 6. The fraction of sp³-hybridized carbons (Fsp3) is 0.565. The standard InChI is InChI=1S/C23H28FN7O2/c1-23(7-8-23)27-22(32)33-18-6-5-14(20(18)24)16-12-19(29-28-16)26-21-17-11-15(13-3-2-4-13)30-31(17)10-9-25-21/h9-14,18,20H,2-8H2,1H3,(H,27,32)(H2,25,26,28,29)/t14-,18-,20+/m0/s1. The molecule has 0 aliphatic heterocycles. The molecule has 9 nitrogen and oxygen atoms in total. The maximum Gasteiger partial charge on any atom is 0.407 e. The molecule has 0 radical (unpaired) electrons. The monoisotopic (exact) mass is 453 g/mol. The van der Waals surface area contributed by atoms with Crippen molar-refractivity contribution in [2.45, 2.75) is 81.5 Å². The lowest BCUT2D eigenvalue weighted by atomic mass is 9.83. The van der Waals surface area contributed by atoms with Crippen molar-refractivity contribution in [2.75, 3.05) is 5.32 Å². The minimum absolute atomic E-state index is 0.185. The van der Waals surface area contributed by atoms with E-state index in [9.17, 15) is 4.79 Å². The number of halogens is 1. The van der Waals surface area contributed by atoms with Crippen molar-refractivity contribution in [2.24, 2.45) is 0 Å². The van der Waals surface area contributed by atoms with Crippen molar-refractivity contribution in [1.82, 2.24) is 30.1 Å². The number of anilines is 2. The summed E-state index contributed by atoms with van der Waals surface area (Å²) in [4.78, 5) is 16.5. The highest BCUT2D eigenvalue weighted by atomic mass is 19.1. The first-order valence-corrected chi connectivity index (χ1v) is 11.8. The van der Waals surface area contributed by atoms with Crippen LogP contribution in [0.25, 0.3) is 5.52 Å². The molecule has 1 amide bonds. The van der Waals surface area contributed by atoms with E-state index in [1.807, 2.05) is 17.6 Å². The topological polar surface area (TPSA) is 109 Å². The Morgan fingerprint density at radius 3 is 2.88 bits per heavy atom. The number of fused-ring (bicyclic) bond motifs is 1. The smallest absolute Gasteiger partial charge is 0.407 e. The van der Waals surface area contributed by atoms with Crippen LogP contribution in [-0.4, -0.2) is 48.7 Å². The number of nitrogens with zero attached hydrogens (tertiary/aromatic N) is 4. The lowest BCUT2D eigenvalue weighted by Gasteiger charge is -2.22. The number of H-pyrrole nitrogens is 1. The van der Waals surface area contributed by atoms with Crippen LogP contribution < -0.4 is 10.6 Å². The number of nitrogens with one attached hydrogen (secondary N) is 3. The summed E-state index contributed by atoms with van der Waals surface area (Å²) in [5.74, 6) is 1.35. The molecule has 3 aromatic rings. The summed E-state index contributed by atoms with van der Waals surface area (Å²) in [6.45, 7) is 1.96. The van der Waals surface area contributed by atoms with E-state index in [0.29, 0.717) is 36.1 Å². The van der Waals surface area contributed by atoms with Gasteiger partial charge in [-0.1, -0.05) is 6.42 Å². The van der Waals surface area contributed by atoms with Gasteiger partial charge in [-0.2, -0.15) is 10.2 Å². The Balaban J connectivity index is 1.13. The van der Waals surface area contributed by atoms with Crippen LogP contribution in [0.4, 0.5) is 20.8 Å². The van der Waals surface area contributed by atoms with Crippen molar-refractivity contribution < 1.29 is 13.9 Å². The van der Waals surface area contributed by atoms with Gasteiger partial charge in [0.25, 0.3) is 0 Å². The Kier molecular flexibility index (Phi) is 4.77. The SMILES string of the molecule is CC1(NC(=O)O[C@H]2CC[C@@H](c3cc(Nc4nccn5nc(C6CCC6)cc45)n[nH]3)[C@H]2F)CC1. The molecule has 0 saturated heterocycles. The van der Waals surface area contributed by atoms with E-state index in [0.717, 1.165) is 24.1 Å². The third-order valence-corrected chi connectivity index (χ3v) is 7.34. The molecule has 3 aliphatic rings. The average Bonchev–Trinajstić information content (AvgIpc) is 3.11. The summed E-state index contributed by atoms with van der Waals surface area (Å²) in [6.07, 6.45) is 7.53. The number of aromatic amines is 1. The van der Waals surface area contributed by atoms with Crippen molar-refractivity contribution in [1.29, 1.82) is 0 Å². The summed E-state index contributed by atoms with van der Waals surface area (Å²) in [7, 11) is 0. The van der Waals surface area contributed by atoms with Gasteiger partial charge in [0.1, 0.15) is 17.8 Å². The van der Waals surface area contributed by atoms with E-state index in [-0.39, 0.29) is 5.54 Å². The molecule has 0 bridgehead atoms. The number of carbonyl (C=O) groups excluding carboxylic acids is 1. The Labute approximate surface area is 190 Å². The van der Waals surface area contributed by atoms with Crippen molar-refractivity contribution >= 4 is 23.2 Å². The summed E-state index contributed by atoms with van der Waals surface area (Å²) >= 11 is 0. The zero-order chi connectivity index (χ0) is 22.6. The van der Waals surface area contributed by atoms with E-state index in [1.54, 1.807) is 12.3 Å². The van der Waals surface area contributed by atoms with Crippen LogP contribution in [0, 0.1) is 0 Å². The van der Waals surface area contributed by atoms with E-state index in [4.69, 9.17) is 4.74 Å². The van der Waals surface area contributed by atoms with Crippen LogP contribution in [-0.2, 0) is 4.74 Å². The maximum absolute atomic E-state index is 15.1. The first-order valence-electron chi connectivity index (χ1n) is 11.8. The Bertz CT molecular complexity index is 1180. The Hall–Kier alpha value is -3.17. The summed E-state index contributed by atoms with van der Waals surface area (Å²) in [5, 5.41) is 18.0. The zero-order valence-corrected chi connectivity index (χ0v) is 18.6. The normalized spacial score (nSPS) is 26.2. The molecule has 174 valence electrons. The summed E-state index contributed by atoms with van der Waals surface area (Å²) in [6, 6.07) is 3.88. The van der Waals surface area contributed by atoms with Gasteiger partial charge in [-0.05, 0) is 51.5 Å². The number of aromatic nitrogens is 5. The van der Waals surface area contributed by atoms with Gasteiger partial charge in [-0.25, -0.2) is 18.7 Å². The van der Waals surface area contributed by atoms with E-state index >= 15 is 4.39 Å². The molecule has 3 N–H and O–H groups in total. The largest absolute Gasteiger partial charge is 0.443 e. The highest BCUT2D eigenvalue weighted by Gasteiger charge is 2.43. The number of amides is 1. The number of carbonyl (C=O) groups is 1. The molecule has 6 rings (SSSR count). The molecule has 0 spiro atoms. The number of alkyl halides is 1. The zero-order valence-electron chi connectivity index (χ0n) is 18.6. The maximum atomic E-state index is 15.1. The second-order valence-corrected chi connectivity index (χ2v) is 9.89. The lowest BCUT2D eigenvalue weighted by molar-refractivity contribution is 0.0546. The van der Waals surface area contributed by atoms with Gasteiger partial charge in [0.05, 0.1) is 5.69 Å². The molecule has 3 aromatic heterocycles. The summed E-state index contributed by atoms with van der Waals surface area (Å²) < 4.78 is 22.3. The van der Waals surface area contributed by atoms with Crippen molar-refractivity contribution in [3.05, 3.63) is 35.9 Å². The number of hydrogen-bond acceptors (Lipinski definition) is 6. The predicted octanol–water partition coefficient (Wildman–Crippen LogP) is 4.33. The molecule has 33 heavy (non-hydrogen) atoms. The second kappa shape index (κ2) is 7.71. The molecular weight excluding hydrogens is 425 g/mol. The molecular formula is C23H28FN7O2. The fourth-order valence-corrected chi connectivity index (χ4v) is 4.75. The van der Waals surface area contributed by atoms with Gasteiger partial charge in [0, 0.05) is 41.5 Å². The minimum Gasteiger partial charge on any atom is -0.443 e. The third-order valence-electron chi connectivity index (χ3n) is 7.34. The Morgan fingerprint density at radius 2 is 2.12 bits per heavy atom. The van der Waals surface area contributed by atoms with Crippen molar-refractivity contribution in [3.63, 3.8) is 0 Å². The number of alkyl carbamates (subject to hydrolysis) is 1. The highest BCUT2D eigenvalue weighted by Crippen LogP contribution is 2.40. The van der Waals surface area contributed by atoms with Crippen LogP contribution in [0.5, 0.6) is 0 Å². The highest BCUT2D eigenvalue weighted by molar-refractivity contribution is 5.72. The number of ether oxygens (including phenoxy) is 1. The second-order valence-electron chi connectivity index (χ2n) is 9.89. The molecule has 3 fully saturated rings. The fourth-order valence-electron chi connectivity index (χ4n) is 4.75. The molecule has 3 aliphatic carbocycles. The van der Waals surface area contributed by atoms with E-state index < -0.39 is 24.3 Å². The molecule has 0 unspecified atom stereocenters. The van der Waals surface area contributed by atoms with Crippen molar-refractivity contribution in [3.8, 4) is 0 Å². The first-order chi connectivity index (χ1) is 16.0. The lowest BCUT2D eigenvalue weighted by Crippen LogP contribution is -2.38. The van der Waals surface area contributed by atoms with Crippen LogP contribution in [0.1, 0.15) is 75.1 Å². The van der Waals surface area contributed by atoms with Gasteiger partial charge in [-0.3, -0.25) is 5.10 Å². The molecule has 10 heteroatoms. The van der Waals surface area contributed by atoms with Crippen LogP contribution in [0.3, 0.4) is 0 Å². The first kappa shape index (κ1) is 20.4. The van der Waals surface area contributed by atoms with Gasteiger partial charge >= 0.3 is 6.09 Å². The molecule has 3 heterocycles. The van der Waals surface area contributed by atoms with E-state index in [1.165, 1.54) is 19.3 Å². The van der Waals surface area contributed by atoms with Crippen LogP contribution in [0.15, 0.2) is 24.5 Å². The summed E-state index contributed by atoms with van der Waals surface area (Å²) in [5.41, 5.74) is 2.48. The van der Waals surface area contributed by atoms with Crippen LogP contribution >= 0.6 is 0 Å². The van der Waals surface area contributed by atoms with Gasteiger partial charge in [0.15, 0.2) is 11.6 Å². The van der Waals surface area contributed by atoms with Crippen LogP contribution in [0.2, 0.25) is 0 Å². The van der Waals surface area contributed by atoms with E-state index in [2.05, 4.69) is 37.0 Å². The quantitative estimate of drug-likeness (QED) is 0.513. The van der Waals surface area contributed by atoms with Gasteiger partial charge in [-0.15, -0.1) is 0 Å².